The van der Waals surface area contributed by atoms with Crippen LogP contribution >= 0.6 is 22.7 Å². The molecule has 0 amide bonds. The van der Waals surface area contributed by atoms with Gasteiger partial charge >= 0.3 is 0 Å². The van der Waals surface area contributed by atoms with Crippen LogP contribution in [0.1, 0.15) is 56.1 Å². The number of thiophene rings is 2. The summed E-state index contributed by atoms with van der Waals surface area (Å²) in [6.07, 6.45) is 9.70. The van der Waals surface area contributed by atoms with Crippen LogP contribution in [0.25, 0.3) is 5.57 Å². The zero-order valence-corrected chi connectivity index (χ0v) is 15.3. The standard InChI is InChI=1S/C20H25NS2/c1-2-4-19(5-3-1)21-10-6-16(7-11-21)20(17-8-12-22-14-17)18-9-13-23-15-18/h8-9,12-15,19H,1-7,10-11H2. The smallest absolute Gasteiger partial charge is 0.00955 e. The lowest BCUT2D eigenvalue weighted by atomic mass is 9.88. The number of nitrogens with zero attached hydrogens (tertiary/aromatic N) is 1. The van der Waals surface area contributed by atoms with Crippen molar-refractivity contribution in [3.63, 3.8) is 0 Å². The molecule has 1 saturated heterocycles. The number of hydrogen-bond donors (Lipinski definition) is 0. The fraction of sp³-hybridized carbons (Fsp3) is 0.500. The van der Waals surface area contributed by atoms with Gasteiger partial charge in [0.2, 0.25) is 0 Å². The lowest BCUT2D eigenvalue weighted by molar-refractivity contribution is 0.146. The van der Waals surface area contributed by atoms with E-state index in [1.54, 1.807) is 5.57 Å². The Balaban J connectivity index is 1.55. The van der Waals surface area contributed by atoms with Crippen LogP contribution in [0.5, 0.6) is 0 Å². The zero-order valence-electron chi connectivity index (χ0n) is 13.7. The third kappa shape index (κ3) is 3.47. The number of hydrogen-bond acceptors (Lipinski definition) is 3. The molecular formula is C20H25NS2. The SMILES string of the molecule is c1cc(C(=C2CCN(C3CCCCC3)CC2)c2ccsc2)cs1. The number of likely N-dealkylation sites (tertiary alicyclic amines) is 1. The molecule has 23 heavy (non-hydrogen) atoms. The quantitative estimate of drug-likeness (QED) is 0.656. The highest BCUT2D eigenvalue weighted by Crippen LogP contribution is 2.35. The average Bonchev–Trinajstić information content (AvgIpc) is 3.31. The zero-order chi connectivity index (χ0) is 15.5. The van der Waals surface area contributed by atoms with E-state index in [2.05, 4.69) is 38.6 Å². The predicted octanol–water partition coefficient (Wildman–Crippen LogP) is 6.04. The Kier molecular flexibility index (Phi) is 4.98. The van der Waals surface area contributed by atoms with Gasteiger partial charge in [0.15, 0.2) is 0 Å². The molecule has 0 N–H and O–H groups in total. The maximum atomic E-state index is 2.78. The van der Waals surface area contributed by atoms with Gasteiger partial charge in [-0.1, -0.05) is 24.8 Å². The highest BCUT2D eigenvalue weighted by molar-refractivity contribution is 7.08. The van der Waals surface area contributed by atoms with Crippen molar-refractivity contribution in [3.05, 3.63) is 50.4 Å². The van der Waals surface area contributed by atoms with Gasteiger partial charge in [0, 0.05) is 19.1 Å². The molecule has 4 rings (SSSR count). The summed E-state index contributed by atoms with van der Waals surface area (Å²) >= 11 is 3.62. The average molecular weight is 344 g/mol. The molecule has 1 aliphatic heterocycles. The minimum Gasteiger partial charge on any atom is -0.300 e. The maximum Gasteiger partial charge on any atom is 0.00955 e. The van der Waals surface area contributed by atoms with Crippen molar-refractivity contribution in [2.45, 2.75) is 51.0 Å². The highest BCUT2D eigenvalue weighted by atomic mass is 32.1. The molecule has 2 aromatic heterocycles. The lowest BCUT2D eigenvalue weighted by Crippen LogP contribution is -2.40. The van der Waals surface area contributed by atoms with Crippen molar-refractivity contribution in [3.8, 4) is 0 Å². The van der Waals surface area contributed by atoms with Gasteiger partial charge in [-0.05, 0) is 76.0 Å². The Hall–Kier alpha value is -0.900. The van der Waals surface area contributed by atoms with Gasteiger partial charge in [0.25, 0.3) is 0 Å². The number of rotatable bonds is 3. The van der Waals surface area contributed by atoms with Crippen LogP contribution in [0.2, 0.25) is 0 Å². The Bertz CT molecular complexity index is 587. The minimum absolute atomic E-state index is 0.871. The second-order valence-electron chi connectivity index (χ2n) is 6.83. The van der Waals surface area contributed by atoms with E-state index in [0.29, 0.717) is 0 Å². The molecule has 122 valence electrons. The van der Waals surface area contributed by atoms with E-state index < -0.39 is 0 Å². The Morgan fingerprint density at radius 3 is 2.00 bits per heavy atom. The second kappa shape index (κ2) is 7.33. The summed E-state index contributed by atoms with van der Waals surface area (Å²) in [6, 6.07) is 5.45. The van der Waals surface area contributed by atoms with Crippen LogP contribution in [0, 0.1) is 0 Å². The van der Waals surface area contributed by atoms with E-state index >= 15 is 0 Å². The summed E-state index contributed by atoms with van der Waals surface area (Å²) < 4.78 is 0. The van der Waals surface area contributed by atoms with E-state index in [9.17, 15) is 0 Å². The van der Waals surface area contributed by atoms with E-state index in [1.807, 2.05) is 22.7 Å². The summed E-state index contributed by atoms with van der Waals surface area (Å²) in [5.41, 5.74) is 6.05. The molecule has 0 aromatic carbocycles. The molecule has 1 saturated carbocycles. The summed E-state index contributed by atoms with van der Waals surface area (Å²) in [7, 11) is 0. The van der Waals surface area contributed by atoms with Crippen LogP contribution in [-0.4, -0.2) is 24.0 Å². The highest BCUT2D eigenvalue weighted by Gasteiger charge is 2.25. The maximum absolute atomic E-state index is 2.78. The minimum atomic E-state index is 0.871. The molecule has 0 unspecified atom stereocenters. The van der Waals surface area contributed by atoms with Crippen LogP contribution < -0.4 is 0 Å². The Labute approximate surface area is 147 Å². The monoisotopic (exact) mass is 343 g/mol. The second-order valence-corrected chi connectivity index (χ2v) is 8.39. The number of piperidine rings is 1. The molecule has 0 radical (unpaired) electrons. The largest absolute Gasteiger partial charge is 0.300 e. The fourth-order valence-electron chi connectivity index (χ4n) is 4.24. The molecule has 0 atom stereocenters. The van der Waals surface area contributed by atoms with Crippen molar-refractivity contribution in [1.29, 1.82) is 0 Å². The molecule has 2 fully saturated rings. The van der Waals surface area contributed by atoms with Gasteiger partial charge < -0.3 is 0 Å². The Morgan fingerprint density at radius 2 is 1.48 bits per heavy atom. The molecule has 0 spiro atoms. The van der Waals surface area contributed by atoms with Crippen molar-refractivity contribution in [2.75, 3.05) is 13.1 Å². The van der Waals surface area contributed by atoms with E-state index in [1.165, 1.54) is 74.7 Å². The van der Waals surface area contributed by atoms with E-state index in [-0.39, 0.29) is 0 Å². The van der Waals surface area contributed by atoms with Crippen LogP contribution in [0.4, 0.5) is 0 Å². The molecule has 2 aromatic rings. The van der Waals surface area contributed by atoms with Gasteiger partial charge in [0.1, 0.15) is 0 Å². The topological polar surface area (TPSA) is 3.24 Å². The molecule has 1 nitrogen and oxygen atoms in total. The first-order valence-corrected chi connectivity index (χ1v) is 10.8. The van der Waals surface area contributed by atoms with Crippen molar-refractivity contribution in [1.82, 2.24) is 4.90 Å². The normalized spacial score (nSPS) is 20.8. The molecular weight excluding hydrogens is 318 g/mol. The van der Waals surface area contributed by atoms with Crippen LogP contribution in [-0.2, 0) is 0 Å². The fourth-order valence-corrected chi connectivity index (χ4v) is 5.54. The third-order valence-electron chi connectivity index (χ3n) is 5.47. The molecule has 3 heterocycles. The van der Waals surface area contributed by atoms with Crippen LogP contribution in [0.3, 0.4) is 0 Å². The summed E-state index contributed by atoms with van der Waals surface area (Å²) in [5.74, 6) is 0. The molecule has 1 aliphatic carbocycles. The van der Waals surface area contributed by atoms with Gasteiger partial charge in [-0.3, -0.25) is 4.90 Å². The predicted molar refractivity (Wildman–Crippen MR) is 102 cm³/mol. The van der Waals surface area contributed by atoms with Gasteiger partial charge in [-0.2, -0.15) is 22.7 Å². The first-order chi connectivity index (χ1) is 11.4. The lowest BCUT2D eigenvalue weighted by Gasteiger charge is -2.38. The summed E-state index contributed by atoms with van der Waals surface area (Å²) in [6.45, 7) is 2.52. The van der Waals surface area contributed by atoms with Gasteiger partial charge in [-0.25, -0.2) is 0 Å². The first-order valence-electron chi connectivity index (χ1n) is 8.93. The van der Waals surface area contributed by atoms with Gasteiger partial charge in [0.05, 0.1) is 0 Å². The molecule has 3 heteroatoms. The van der Waals surface area contributed by atoms with Crippen molar-refractivity contribution < 1.29 is 0 Å². The van der Waals surface area contributed by atoms with Crippen LogP contribution in [0.15, 0.2) is 39.2 Å². The Morgan fingerprint density at radius 1 is 0.870 bits per heavy atom. The van der Waals surface area contributed by atoms with E-state index in [4.69, 9.17) is 0 Å². The summed E-state index contributed by atoms with van der Waals surface area (Å²) in [4.78, 5) is 2.78. The van der Waals surface area contributed by atoms with Crippen molar-refractivity contribution >= 4 is 28.2 Å². The molecule has 2 aliphatic rings. The van der Waals surface area contributed by atoms with Gasteiger partial charge in [-0.15, -0.1) is 0 Å². The van der Waals surface area contributed by atoms with E-state index in [0.717, 1.165) is 6.04 Å². The van der Waals surface area contributed by atoms with Crippen molar-refractivity contribution in [2.24, 2.45) is 0 Å². The molecule has 0 bridgehead atoms. The third-order valence-corrected chi connectivity index (χ3v) is 6.83. The summed E-state index contributed by atoms with van der Waals surface area (Å²) in [5, 5.41) is 9.04. The first kappa shape index (κ1) is 15.6.